The first-order valence-corrected chi connectivity index (χ1v) is 11.9. The Morgan fingerprint density at radius 2 is 1.91 bits per heavy atom. The lowest BCUT2D eigenvalue weighted by atomic mass is 9.66. The number of fused-ring (bicyclic) bond motifs is 1. The number of thiophene rings is 1. The third kappa shape index (κ3) is 4.56. The summed E-state index contributed by atoms with van der Waals surface area (Å²) in [7, 11) is 0. The summed E-state index contributed by atoms with van der Waals surface area (Å²) in [4.78, 5) is 47.0. The highest BCUT2D eigenvalue weighted by Gasteiger charge is 2.46. The zero-order valence-corrected chi connectivity index (χ0v) is 19.8. The van der Waals surface area contributed by atoms with Gasteiger partial charge >= 0.3 is 5.97 Å². The number of carbonyl (C=O) groups is 3. The number of amides is 1. The van der Waals surface area contributed by atoms with E-state index in [1.165, 1.54) is 13.3 Å². The maximum absolute atomic E-state index is 14.1. The van der Waals surface area contributed by atoms with Crippen molar-refractivity contribution in [3.63, 3.8) is 0 Å². The standard InChI is InChI=1S/C25H25N3O5S/c1-3-32-24(31)20-19-9-10-25(17-7-5-4-6-8-17,11-12-33-18-13-26-15-27-14-18)22(30)21(19)34-23(20)28-16(2)29/h4-8,13-15H,3,9-12H2,1-2H3,(H,28,29). The summed E-state index contributed by atoms with van der Waals surface area (Å²) in [6.45, 7) is 3.58. The molecule has 0 bridgehead atoms. The number of aromatic nitrogens is 2. The number of Topliss-reactive ketones (excluding diaryl/α,β-unsaturated/α-hetero) is 1. The Bertz CT molecular complexity index is 1200. The number of nitrogens with one attached hydrogen (secondary N) is 1. The summed E-state index contributed by atoms with van der Waals surface area (Å²) in [5.41, 5.74) is 0.991. The van der Waals surface area contributed by atoms with Crippen LogP contribution in [-0.2, 0) is 21.4 Å². The Hall–Kier alpha value is -3.59. The van der Waals surface area contributed by atoms with Crippen LogP contribution in [0.15, 0.2) is 49.1 Å². The van der Waals surface area contributed by atoms with Gasteiger partial charge in [-0.2, -0.15) is 0 Å². The molecule has 0 aliphatic heterocycles. The molecule has 34 heavy (non-hydrogen) atoms. The van der Waals surface area contributed by atoms with Crippen LogP contribution in [0.1, 0.15) is 57.8 Å². The van der Waals surface area contributed by atoms with Crippen LogP contribution in [0.25, 0.3) is 0 Å². The van der Waals surface area contributed by atoms with Crippen molar-refractivity contribution in [3.05, 3.63) is 70.6 Å². The molecule has 3 aromatic rings. The van der Waals surface area contributed by atoms with E-state index in [0.717, 1.165) is 16.9 Å². The highest BCUT2D eigenvalue weighted by molar-refractivity contribution is 7.19. The van der Waals surface area contributed by atoms with E-state index in [1.807, 2.05) is 30.3 Å². The van der Waals surface area contributed by atoms with E-state index in [1.54, 1.807) is 19.3 Å². The number of rotatable bonds is 8. The molecule has 1 aromatic carbocycles. The largest absolute Gasteiger partial charge is 0.490 e. The molecule has 1 atom stereocenters. The lowest BCUT2D eigenvalue weighted by Crippen LogP contribution is -2.41. The van der Waals surface area contributed by atoms with Crippen LogP contribution >= 0.6 is 11.3 Å². The quantitative estimate of drug-likeness (QED) is 0.482. The average Bonchev–Trinajstić information content (AvgIpc) is 3.20. The summed E-state index contributed by atoms with van der Waals surface area (Å²) in [5, 5.41) is 3.06. The van der Waals surface area contributed by atoms with Gasteiger partial charge in [0.1, 0.15) is 11.3 Å². The minimum absolute atomic E-state index is 0.0833. The van der Waals surface area contributed by atoms with Gasteiger partial charge in [0.2, 0.25) is 5.91 Å². The SMILES string of the molecule is CCOC(=O)c1c(NC(C)=O)sc2c1CCC(CCOc1cncnc1)(c1ccccc1)C2=O. The molecule has 0 saturated heterocycles. The lowest BCUT2D eigenvalue weighted by Gasteiger charge is -2.36. The maximum Gasteiger partial charge on any atom is 0.341 e. The number of ether oxygens (including phenoxy) is 2. The first-order chi connectivity index (χ1) is 16.5. The van der Waals surface area contributed by atoms with Crippen molar-refractivity contribution >= 4 is 34.0 Å². The van der Waals surface area contributed by atoms with E-state index in [2.05, 4.69) is 15.3 Å². The predicted octanol–water partition coefficient (Wildman–Crippen LogP) is 4.21. The predicted molar refractivity (Wildman–Crippen MR) is 127 cm³/mol. The number of esters is 1. The molecule has 2 aromatic heterocycles. The third-order valence-electron chi connectivity index (χ3n) is 5.88. The smallest absolute Gasteiger partial charge is 0.341 e. The molecule has 1 aliphatic rings. The molecule has 1 N–H and O–H groups in total. The van der Waals surface area contributed by atoms with Gasteiger partial charge in [-0.15, -0.1) is 11.3 Å². The van der Waals surface area contributed by atoms with E-state index in [4.69, 9.17) is 9.47 Å². The molecule has 0 radical (unpaired) electrons. The molecular weight excluding hydrogens is 454 g/mol. The van der Waals surface area contributed by atoms with Crippen LogP contribution in [0.5, 0.6) is 5.75 Å². The Morgan fingerprint density at radius 1 is 1.18 bits per heavy atom. The summed E-state index contributed by atoms with van der Waals surface area (Å²) in [5.74, 6) is -0.399. The van der Waals surface area contributed by atoms with Crippen molar-refractivity contribution in [2.45, 2.75) is 38.5 Å². The number of hydrogen-bond donors (Lipinski definition) is 1. The fourth-order valence-electron chi connectivity index (χ4n) is 4.34. The monoisotopic (exact) mass is 479 g/mol. The highest BCUT2D eigenvalue weighted by Crippen LogP contribution is 2.47. The Morgan fingerprint density at radius 3 is 2.59 bits per heavy atom. The van der Waals surface area contributed by atoms with Crippen LogP contribution in [0.4, 0.5) is 5.00 Å². The molecular formula is C25H25N3O5S. The zero-order valence-electron chi connectivity index (χ0n) is 19.0. The molecule has 4 rings (SSSR count). The van der Waals surface area contributed by atoms with Crippen molar-refractivity contribution in [1.82, 2.24) is 9.97 Å². The summed E-state index contributed by atoms with van der Waals surface area (Å²) in [6, 6.07) is 9.62. The molecule has 1 unspecified atom stereocenters. The zero-order chi connectivity index (χ0) is 24.1. The number of carbonyl (C=O) groups excluding carboxylic acids is 3. The van der Waals surface area contributed by atoms with E-state index < -0.39 is 11.4 Å². The van der Waals surface area contributed by atoms with Crippen LogP contribution in [-0.4, -0.2) is 40.8 Å². The topological polar surface area (TPSA) is 107 Å². The molecule has 8 nitrogen and oxygen atoms in total. The Labute approximate surface area is 201 Å². The van der Waals surface area contributed by atoms with E-state index in [-0.39, 0.29) is 30.5 Å². The second-order valence-electron chi connectivity index (χ2n) is 7.97. The van der Waals surface area contributed by atoms with Gasteiger partial charge < -0.3 is 14.8 Å². The third-order valence-corrected chi connectivity index (χ3v) is 7.03. The van der Waals surface area contributed by atoms with Gasteiger partial charge in [-0.1, -0.05) is 30.3 Å². The number of hydrogen-bond acceptors (Lipinski definition) is 8. The van der Waals surface area contributed by atoms with Crippen molar-refractivity contribution in [3.8, 4) is 5.75 Å². The number of anilines is 1. The van der Waals surface area contributed by atoms with Crippen LogP contribution in [0, 0.1) is 0 Å². The molecule has 176 valence electrons. The van der Waals surface area contributed by atoms with Gasteiger partial charge in [-0.3, -0.25) is 9.59 Å². The number of ketones is 1. The molecule has 0 fully saturated rings. The minimum atomic E-state index is -0.825. The second kappa shape index (κ2) is 10.1. The fraction of sp³-hybridized carbons (Fsp3) is 0.320. The fourth-order valence-corrected chi connectivity index (χ4v) is 5.66. The van der Waals surface area contributed by atoms with E-state index in [0.29, 0.717) is 40.5 Å². The number of nitrogens with zero attached hydrogens (tertiary/aromatic N) is 2. The summed E-state index contributed by atoms with van der Waals surface area (Å²) in [6.07, 6.45) is 6.01. The first kappa shape index (κ1) is 23.6. The first-order valence-electron chi connectivity index (χ1n) is 11.0. The highest BCUT2D eigenvalue weighted by atomic mass is 32.1. The van der Waals surface area contributed by atoms with Crippen molar-refractivity contribution in [2.24, 2.45) is 0 Å². The molecule has 0 spiro atoms. The molecule has 2 heterocycles. The molecule has 1 aliphatic carbocycles. The number of benzene rings is 1. The maximum atomic E-state index is 14.1. The molecule has 9 heteroatoms. The van der Waals surface area contributed by atoms with Crippen molar-refractivity contribution in [1.29, 1.82) is 0 Å². The Balaban J connectivity index is 1.72. The lowest BCUT2D eigenvalue weighted by molar-refractivity contribution is -0.114. The van der Waals surface area contributed by atoms with Crippen LogP contribution < -0.4 is 10.1 Å². The van der Waals surface area contributed by atoms with Gasteiger partial charge in [0.25, 0.3) is 0 Å². The molecule has 1 amide bonds. The van der Waals surface area contributed by atoms with Gasteiger partial charge in [0, 0.05) is 6.92 Å². The molecule has 0 saturated carbocycles. The Kier molecular flexibility index (Phi) is 7.02. The van der Waals surface area contributed by atoms with Gasteiger partial charge in [0.05, 0.1) is 41.5 Å². The summed E-state index contributed by atoms with van der Waals surface area (Å²) < 4.78 is 11.1. The normalized spacial score (nSPS) is 17.1. The van der Waals surface area contributed by atoms with Crippen LogP contribution in [0.2, 0.25) is 0 Å². The summed E-state index contributed by atoms with van der Waals surface area (Å²) >= 11 is 1.14. The van der Waals surface area contributed by atoms with Crippen LogP contribution in [0.3, 0.4) is 0 Å². The average molecular weight is 480 g/mol. The van der Waals surface area contributed by atoms with Crippen molar-refractivity contribution in [2.75, 3.05) is 18.5 Å². The van der Waals surface area contributed by atoms with Gasteiger partial charge in [0.15, 0.2) is 11.5 Å². The van der Waals surface area contributed by atoms with E-state index >= 15 is 0 Å². The minimum Gasteiger partial charge on any atom is -0.490 e. The van der Waals surface area contributed by atoms with Crippen molar-refractivity contribution < 1.29 is 23.9 Å². The van der Waals surface area contributed by atoms with Gasteiger partial charge in [-0.25, -0.2) is 14.8 Å². The second-order valence-corrected chi connectivity index (χ2v) is 8.99. The van der Waals surface area contributed by atoms with Gasteiger partial charge in [-0.05, 0) is 37.3 Å². The van der Waals surface area contributed by atoms with E-state index in [9.17, 15) is 14.4 Å².